The van der Waals surface area contributed by atoms with Crippen molar-refractivity contribution in [2.75, 3.05) is 13.2 Å². The van der Waals surface area contributed by atoms with E-state index in [2.05, 4.69) is 22.9 Å². The van der Waals surface area contributed by atoms with E-state index in [-0.39, 0.29) is 12.7 Å². The Morgan fingerprint density at radius 1 is 1.41 bits per heavy atom. The van der Waals surface area contributed by atoms with Gasteiger partial charge in [0, 0.05) is 0 Å². The van der Waals surface area contributed by atoms with Crippen LogP contribution in [0.5, 0.6) is 11.5 Å². The summed E-state index contributed by atoms with van der Waals surface area (Å²) in [6, 6.07) is 5.60. The maximum Gasteiger partial charge on any atom is 0.134 e. The van der Waals surface area contributed by atoms with Gasteiger partial charge in [-0.1, -0.05) is 13.3 Å². The molecule has 0 unspecified atom stereocenters. The molecule has 0 aliphatic carbocycles. The van der Waals surface area contributed by atoms with Crippen molar-refractivity contribution in [1.82, 2.24) is 0 Å². The quantitative estimate of drug-likeness (QED) is 0.785. The van der Waals surface area contributed by atoms with Crippen molar-refractivity contribution >= 4 is 15.9 Å². The zero-order chi connectivity index (χ0) is 12.7. The Morgan fingerprint density at radius 3 is 2.76 bits per heavy atom. The SMILES string of the molecule is CCCCOc1ccc(O[C@H](C)CO)c(Br)c1. The summed E-state index contributed by atoms with van der Waals surface area (Å²) in [7, 11) is 0. The number of benzene rings is 1. The Hall–Kier alpha value is -0.740. The molecule has 0 aliphatic rings. The summed E-state index contributed by atoms with van der Waals surface area (Å²) in [5.41, 5.74) is 0. The Kier molecular flexibility index (Phi) is 6.37. The zero-order valence-electron chi connectivity index (χ0n) is 10.3. The van der Waals surface area contributed by atoms with Crippen LogP contribution in [0.15, 0.2) is 22.7 Å². The predicted molar refractivity (Wildman–Crippen MR) is 71.7 cm³/mol. The lowest BCUT2D eigenvalue weighted by Gasteiger charge is -2.14. The van der Waals surface area contributed by atoms with E-state index < -0.39 is 0 Å². The molecule has 0 saturated heterocycles. The summed E-state index contributed by atoms with van der Waals surface area (Å²) in [4.78, 5) is 0. The first-order valence-corrected chi connectivity index (χ1v) is 6.66. The van der Waals surface area contributed by atoms with E-state index >= 15 is 0 Å². The number of ether oxygens (including phenoxy) is 2. The van der Waals surface area contributed by atoms with Crippen LogP contribution in [0.4, 0.5) is 0 Å². The molecule has 17 heavy (non-hydrogen) atoms. The van der Waals surface area contributed by atoms with Crippen LogP contribution in [0.3, 0.4) is 0 Å². The fourth-order valence-electron chi connectivity index (χ4n) is 1.26. The minimum Gasteiger partial charge on any atom is -0.494 e. The van der Waals surface area contributed by atoms with Gasteiger partial charge in [-0.3, -0.25) is 0 Å². The fourth-order valence-corrected chi connectivity index (χ4v) is 1.71. The van der Waals surface area contributed by atoms with E-state index in [1.165, 1.54) is 0 Å². The topological polar surface area (TPSA) is 38.7 Å². The van der Waals surface area contributed by atoms with Gasteiger partial charge < -0.3 is 14.6 Å². The number of hydrogen-bond acceptors (Lipinski definition) is 3. The van der Waals surface area contributed by atoms with Gasteiger partial charge in [0.1, 0.15) is 17.6 Å². The third-order valence-electron chi connectivity index (χ3n) is 2.26. The van der Waals surface area contributed by atoms with Crippen molar-refractivity contribution in [3.63, 3.8) is 0 Å². The molecule has 1 N–H and O–H groups in total. The fraction of sp³-hybridized carbons (Fsp3) is 0.538. The van der Waals surface area contributed by atoms with E-state index in [0.29, 0.717) is 0 Å². The van der Waals surface area contributed by atoms with Gasteiger partial charge >= 0.3 is 0 Å². The number of unbranched alkanes of at least 4 members (excludes halogenated alkanes) is 1. The maximum atomic E-state index is 8.92. The minimum absolute atomic E-state index is 0.00118. The molecule has 1 aromatic carbocycles. The number of aliphatic hydroxyl groups excluding tert-OH is 1. The van der Waals surface area contributed by atoms with Crippen LogP contribution in [0, 0.1) is 0 Å². The highest BCUT2D eigenvalue weighted by molar-refractivity contribution is 9.10. The Labute approximate surface area is 111 Å². The largest absolute Gasteiger partial charge is 0.494 e. The molecule has 1 atom stereocenters. The van der Waals surface area contributed by atoms with E-state index in [1.54, 1.807) is 0 Å². The molecule has 1 rings (SSSR count). The van der Waals surface area contributed by atoms with E-state index in [0.717, 1.165) is 35.4 Å². The third-order valence-corrected chi connectivity index (χ3v) is 2.87. The summed E-state index contributed by atoms with van der Waals surface area (Å²) in [6.07, 6.45) is 1.96. The summed E-state index contributed by atoms with van der Waals surface area (Å²) in [5.74, 6) is 1.55. The highest BCUT2D eigenvalue weighted by Crippen LogP contribution is 2.30. The lowest BCUT2D eigenvalue weighted by Crippen LogP contribution is -2.16. The van der Waals surface area contributed by atoms with Crippen molar-refractivity contribution in [2.45, 2.75) is 32.8 Å². The Bertz CT molecular complexity index is 341. The molecule has 0 spiro atoms. The van der Waals surface area contributed by atoms with Crippen molar-refractivity contribution in [3.8, 4) is 11.5 Å². The summed E-state index contributed by atoms with van der Waals surface area (Å²) >= 11 is 3.43. The molecular weight excluding hydrogens is 284 g/mol. The molecule has 96 valence electrons. The molecule has 0 fully saturated rings. The van der Waals surface area contributed by atoms with Crippen LogP contribution in [0.25, 0.3) is 0 Å². The summed E-state index contributed by atoms with van der Waals surface area (Å²) < 4.78 is 11.9. The lowest BCUT2D eigenvalue weighted by atomic mass is 10.3. The zero-order valence-corrected chi connectivity index (χ0v) is 11.9. The summed E-state index contributed by atoms with van der Waals surface area (Å²) in [6.45, 7) is 4.68. The van der Waals surface area contributed by atoms with Crippen molar-refractivity contribution < 1.29 is 14.6 Å². The molecule has 0 radical (unpaired) electrons. The normalized spacial score (nSPS) is 12.2. The van der Waals surface area contributed by atoms with Crippen molar-refractivity contribution in [1.29, 1.82) is 0 Å². The molecule has 0 amide bonds. The standard InChI is InChI=1S/C13H19BrO3/c1-3-4-7-16-11-5-6-13(12(14)8-11)17-10(2)9-15/h5-6,8,10,15H,3-4,7,9H2,1-2H3/t10-/m1/s1. The van der Waals surface area contributed by atoms with Gasteiger partial charge in [0.05, 0.1) is 17.7 Å². The van der Waals surface area contributed by atoms with E-state index in [9.17, 15) is 0 Å². The minimum atomic E-state index is -0.210. The lowest BCUT2D eigenvalue weighted by molar-refractivity contribution is 0.129. The number of halogens is 1. The third kappa shape index (κ3) is 4.96. The average Bonchev–Trinajstić information content (AvgIpc) is 2.32. The molecule has 0 bridgehead atoms. The van der Waals surface area contributed by atoms with Crippen molar-refractivity contribution in [3.05, 3.63) is 22.7 Å². The molecule has 1 aromatic rings. The summed E-state index contributed by atoms with van der Waals surface area (Å²) in [5, 5.41) is 8.92. The van der Waals surface area contributed by atoms with Gasteiger partial charge in [0.2, 0.25) is 0 Å². The van der Waals surface area contributed by atoms with Gasteiger partial charge in [-0.05, 0) is 47.5 Å². The molecule has 0 saturated carbocycles. The predicted octanol–water partition coefficient (Wildman–Crippen LogP) is 3.39. The smallest absolute Gasteiger partial charge is 0.134 e. The van der Waals surface area contributed by atoms with Gasteiger partial charge in [-0.15, -0.1) is 0 Å². The molecular formula is C13H19BrO3. The number of aliphatic hydroxyl groups is 1. The maximum absolute atomic E-state index is 8.92. The molecule has 0 aliphatic heterocycles. The van der Waals surface area contributed by atoms with Crippen LogP contribution >= 0.6 is 15.9 Å². The van der Waals surface area contributed by atoms with Crippen LogP contribution in [-0.2, 0) is 0 Å². The monoisotopic (exact) mass is 302 g/mol. The van der Waals surface area contributed by atoms with Gasteiger partial charge in [0.25, 0.3) is 0 Å². The first-order valence-electron chi connectivity index (χ1n) is 5.87. The molecule has 0 aromatic heterocycles. The van der Waals surface area contributed by atoms with Crippen LogP contribution in [0.1, 0.15) is 26.7 Å². The van der Waals surface area contributed by atoms with Crippen molar-refractivity contribution in [2.24, 2.45) is 0 Å². The second-order valence-corrected chi connectivity index (χ2v) is 4.76. The van der Waals surface area contributed by atoms with Crippen LogP contribution in [0.2, 0.25) is 0 Å². The Morgan fingerprint density at radius 2 is 2.18 bits per heavy atom. The first-order chi connectivity index (χ1) is 8.17. The Balaban J connectivity index is 2.59. The second-order valence-electron chi connectivity index (χ2n) is 3.91. The van der Waals surface area contributed by atoms with E-state index in [1.807, 2.05) is 25.1 Å². The van der Waals surface area contributed by atoms with Gasteiger partial charge in [-0.2, -0.15) is 0 Å². The number of rotatable bonds is 7. The molecule has 0 heterocycles. The molecule has 4 heteroatoms. The highest BCUT2D eigenvalue weighted by Gasteiger charge is 2.07. The number of hydrogen-bond donors (Lipinski definition) is 1. The van der Waals surface area contributed by atoms with Gasteiger partial charge in [-0.25, -0.2) is 0 Å². The second kappa shape index (κ2) is 7.56. The first kappa shape index (κ1) is 14.3. The average molecular weight is 303 g/mol. The van der Waals surface area contributed by atoms with Gasteiger partial charge in [0.15, 0.2) is 0 Å². The highest BCUT2D eigenvalue weighted by atomic mass is 79.9. The van der Waals surface area contributed by atoms with E-state index in [4.69, 9.17) is 14.6 Å². The van der Waals surface area contributed by atoms with Crippen LogP contribution in [-0.4, -0.2) is 24.4 Å². The molecule has 3 nitrogen and oxygen atoms in total. The van der Waals surface area contributed by atoms with Crippen LogP contribution < -0.4 is 9.47 Å².